The second-order valence-electron chi connectivity index (χ2n) is 5.21. The van der Waals surface area contributed by atoms with Crippen LogP contribution < -0.4 is 10.8 Å². The molecule has 1 atom stereocenters. The van der Waals surface area contributed by atoms with Crippen molar-refractivity contribution in [1.82, 2.24) is 10.8 Å². The molecule has 1 unspecified atom stereocenters. The van der Waals surface area contributed by atoms with Crippen LogP contribution in [0, 0.1) is 5.92 Å². The highest BCUT2D eigenvalue weighted by molar-refractivity contribution is 5.76. The van der Waals surface area contributed by atoms with E-state index in [1.165, 1.54) is 0 Å². The van der Waals surface area contributed by atoms with Crippen LogP contribution in [0.25, 0.3) is 0 Å². The van der Waals surface area contributed by atoms with Gasteiger partial charge in [0, 0.05) is 12.1 Å². The Kier molecular flexibility index (Phi) is 6.04. The average Bonchev–Trinajstić information content (AvgIpc) is 2.52. The number of nitrogens with one attached hydrogen (secondary N) is 2. The van der Waals surface area contributed by atoms with E-state index >= 15 is 0 Å². The van der Waals surface area contributed by atoms with Crippen molar-refractivity contribution in [2.75, 3.05) is 19.6 Å². The SMILES string of the molecule is CC1CNCC/C1=C(\F)CNOCc1ccccc1C=O. The van der Waals surface area contributed by atoms with Crippen LogP contribution in [0.1, 0.15) is 29.3 Å². The molecule has 1 aromatic carbocycles. The third-order valence-corrected chi connectivity index (χ3v) is 3.70. The maximum Gasteiger partial charge on any atom is 0.150 e. The normalized spacial score (nSPS) is 21.1. The van der Waals surface area contributed by atoms with Gasteiger partial charge >= 0.3 is 0 Å². The lowest BCUT2D eigenvalue weighted by atomic mass is 9.94. The van der Waals surface area contributed by atoms with Gasteiger partial charge in [-0.3, -0.25) is 9.63 Å². The fourth-order valence-corrected chi connectivity index (χ4v) is 2.45. The molecule has 21 heavy (non-hydrogen) atoms. The number of hydroxylamine groups is 1. The van der Waals surface area contributed by atoms with Crippen LogP contribution in [-0.2, 0) is 11.4 Å². The molecule has 0 aliphatic carbocycles. The van der Waals surface area contributed by atoms with Gasteiger partial charge < -0.3 is 5.32 Å². The van der Waals surface area contributed by atoms with E-state index in [4.69, 9.17) is 4.84 Å². The molecule has 0 aromatic heterocycles. The van der Waals surface area contributed by atoms with E-state index in [1.54, 1.807) is 12.1 Å². The van der Waals surface area contributed by atoms with Crippen LogP contribution >= 0.6 is 0 Å². The molecule has 114 valence electrons. The topological polar surface area (TPSA) is 50.4 Å². The maximum atomic E-state index is 14.1. The monoisotopic (exact) mass is 292 g/mol. The summed E-state index contributed by atoms with van der Waals surface area (Å²) < 4.78 is 14.1. The fourth-order valence-electron chi connectivity index (χ4n) is 2.45. The van der Waals surface area contributed by atoms with E-state index in [2.05, 4.69) is 10.8 Å². The summed E-state index contributed by atoms with van der Waals surface area (Å²) in [6.45, 7) is 3.94. The van der Waals surface area contributed by atoms with E-state index in [0.29, 0.717) is 5.56 Å². The minimum absolute atomic E-state index is 0.0585. The van der Waals surface area contributed by atoms with Crippen molar-refractivity contribution in [2.24, 2.45) is 5.92 Å². The number of aldehydes is 1. The predicted octanol–water partition coefficient (Wildman–Crippen LogP) is 2.37. The summed E-state index contributed by atoms with van der Waals surface area (Å²) in [5.41, 5.74) is 4.86. The average molecular weight is 292 g/mol. The van der Waals surface area contributed by atoms with Gasteiger partial charge in [-0.1, -0.05) is 31.2 Å². The van der Waals surface area contributed by atoms with Crippen LogP contribution in [0.3, 0.4) is 0 Å². The zero-order valence-corrected chi connectivity index (χ0v) is 12.2. The van der Waals surface area contributed by atoms with Crippen molar-refractivity contribution in [3.63, 3.8) is 0 Å². The van der Waals surface area contributed by atoms with Gasteiger partial charge in [0.15, 0.2) is 0 Å². The molecule has 1 heterocycles. The molecule has 0 amide bonds. The third kappa shape index (κ3) is 4.46. The molecule has 4 nitrogen and oxygen atoms in total. The molecule has 1 aliphatic rings. The number of rotatable bonds is 6. The van der Waals surface area contributed by atoms with Crippen molar-refractivity contribution in [3.05, 3.63) is 46.8 Å². The van der Waals surface area contributed by atoms with Gasteiger partial charge in [-0.05, 0) is 30.0 Å². The number of carbonyl (C=O) groups excluding carboxylic acids is 1. The van der Waals surface area contributed by atoms with Crippen molar-refractivity contribution in [1.29, 1.82) is 0 Å². The summed E-state index contributed by atoms with van der Waals surface area (Å²) in [6.07, 6.45) is 1.53. The lowest BCUT2D eigenvalue weighted by molar-refractivity contribution is 0.0302. The van der Waals surface area contributed by atoms with Crippen molar-refractivity contribution in [2.45, 2.75) is 20.0 Å². The molecule has 1 fully saturated rings. The Balaban J connectivity index is 1.81. The lowest BCUT2D eigenvalue weighted by Crippen LogP contribution is -2.31. The summed E-state index contributed by atoms with van der Waals surface area (Å²) >= 11 is 0. The number of piperidine rings is 1. The van der Waals surface area contributed by atoms with E-state index in [9.17, 15) is 9.18 Å². The Morgan fingerprint density at radius 2 is 2.33 bits per heavy atom. The first-order valence-electron chi connectivity index (χ1n) is 7.18. The molecular weight excluding hydrogens is 271 g/mol. The van der Waals surface area contributed by atoms with Gasteiger partial charge in [0.25, 0.3) is 0 Å². The Hall–Kier alpha value is -1.56. The fraction of sp³-hybridized carbons (Fsp3) is 0.438. The molecule has 5 heteroatoms. The molecule has 0 bridgehead atoms. The molecule has 0 radical (unpaired) electrons. The number of hydrogen-bond acceptors (Lipinski definition) is 4. The van der Waals surface area contributed by atoms with Crippen LogP contribution in [-0.4, -0.2) is 25.9 Å². The Labute approximate surface area is 124 Å². The van der Waals surface area contributed by atoms with Crippen molar-refractivity contribution >= 4 is 6.29 Å². The van der Waals surface area contributed by atoms with E-state index in [-0.39, 0.29) is 24.9 Å². The molecule has 1 aromatic rings. The Morgan fingerprint density at radius 3 is 3.10 bits per heavy atom. The van der Waals surface area contributed by atoms with Gasteiger partial charge in [-0.2, -0.15) is 5.48 Å². The molecule has 0 spiro atoms. The summed E-state index contributed by atoms with van der Waals surface area (Å²) in [4.78, 5) is 16.1. The number of halogens is 1. The first-order chi connectivity index (χ1) is 10.2. The second-order valence-corrected chi connectivity index (χ2v) is 5.21. The first kappa shape index (κ1) is 15.8. The van der Waals surface area contributed by atoms with Crippen LogP contribution in [0.5, 0.6) is 0 Å². The smallest absolute Gasteiger partial charge is 0.150 e. The highest BCUT2D eigenvalue weighted by Gasteiger charge is 2.18. The van der Waals surface area contributed by atoms with Gasteiger partial charge in [-0.15, -0.1) is 0 Å². The van der Waals surface area contributed by atoms with E-state index < -0.39 is 0 Å². The van der Waals surface area contributed by atoms with Crippen LogP contribution in [0.2, 0.25) is 0 Å². The zero-order valence-electron chi connectivity index (χ0n) is 12.2. The molecule has 1 aliphatic heterocycles. The van der Waals surface area contributed by atoms with Crippen molar-refractivity contribution < 1.29 is 14.0 Å². The molecule has 2 rings (SSSR count). The molecule has 2 N–H and O–H groups in total. The number of hydrogen-bond donors (Lipinski definition) is 2. The highest BCUT2D eigenvalue weighted by atomic mass is 19.1. The quantitative estimate of drug-likeness (QED) is 0.480. The number of benzene rings is 1. The highest BCUT2D eigenvalue weighted by Crippen LogP contribution is 2.22. The van der Waals surface area contributed by atoms with Crippen molar-refractivity contribution in [3.8, 4) is 0 Å². The third-order valence-electron chi connectivity index (χ3n) is 3.70. The van der Waals surface area contributed by atoms with Gasteiger partial charge in [-0.25, -0.2) is 4.39 Å². The Bertz CT molecular complexity index is 517. The van der Waals surface area contributed by atoms with Crippen LogP contribution in [0.4, 0.5) is 4.39 Å². The maximum absolute atomic E-state index is 14.1. The van der Waals surface area contributed by atoms with Crippen LogP contribution in [0.15, 0.2) is 35.7 Å². The minimum Gasteiger partial charge on any atom is -0.316 e. The molecular formula is C16H21FN2O2. The van der Waals surface area contributed by atoms with E-state index in [1.807, 2.05) is 19.1 Å². The van der Waals surface area contributed by atoms with Gasteiger partial charge in [0.1, 0.15) is 12.1 Å². The van der Waals surface area contributed by atoms with Gasteiger partial charge in [0.2, 0.25) is 0 Å². The van der Waals surface area contributed by atoms with Gasteiger partial charge in [0.05, 0.1) is 13.2 Å². The summed E-state index contributed by atoms with van der Waals surface area (Å²) in [5.74, 6) is 0.0732. The molecule has 1 saturated heterocycles. The summed E-state index contributed by atoms with van der Waals surface area (Å²) in [6, 6.07) is 7.17. The largest absolute Gasteiger partial charge is 0.316 e. The summed E-state index contributed by atoms with van der Waals surface area (Å²) in [5, 5.41) is 3.24. The molecule has 0 saturated carbocycles. The number of carbonyl (C=O) groups is 1. The minimum atomic E-state index is -0.146. The first-order valence-corrected chi connectivity index (χ1v) is 7.18. The second kappa shape index (κ2) is 8.02. The summed E-state index contributed by atoms with van der Waals surface area (Å²) in [7, 11) is 0. The lowest BCUT2D eigenvalue weighted by Gasteiger charge is -2.23. The Morgan fingerprint density at radius 1 is 1.52 bits per heavy atom. The zero-order chi connectivity index (χ0) is 15.1. The van der Waals surface area contributed by atoms with E-state index in [0.717, 1.165) is 36.9 Å². The standard InChI is InChI=1S/C16H21FN2O2/c1-12-8-18-7-6-15(12)16(17)9-19-21-11-14-5-3-2-4-13(14)10-20/h2-5,10,12,18-19H,6-9,11H2,1H3/b16-15+. The predicted molar refractivity (Wildman–Crippen MR) is 79.4 cm³/mol.